The number of carbonyl (C=O) groups is 2. The maximum atomic E-state index is 14.7. The molecule has 55 heavy (non-hydrogen) atoms. The molecular weight excluding hydrogens is 755 g/mol. The first-order valence-corrected chi connectivity index (χ1v) is 19.6. The molecule has 13 heteroatoms. The van der Waals surface area contributed by atoms with E-state index >= 15 is 0 Å². The molecule has 4 heterocycles. The number of pyridine rings is 1. The summed E-state index contributed by atoms with van der Waals surface area (Å²) >= 11 is 19.6. The van der Waals surface area contributed by atoms with Gasteiger partial charge in [-0.25, -0.2) is 9.97 Å². The predicted molar refractivity (Wildman–Crippen MR) is 224 cm³/mol. The molecule has 2 amide bonds. The summed E-state index contributed by atoms with van der Waals surface area (Å²) in [4.78, 5) is 43.1. The number of imidazole rings is 1. The van der Waals surface area contributed by atoms with Crippen LogP contribution >= 0.6 is 34.8 Å². The number of fused-ring (bicyclic) bond motifs is 1. The first-order chi connectivity index (χ1) is 26.7. The Labute approximate surface area is 335 Å². The lowest BCUT2D eigenvalue weighted by atomic mass is 9.99. The van der Waals surface area contributed by atoms with E-state index in [-0.39, 0.29) is 11.9 Å². The van der Waals surface area contributed by atoms with Crippen LogP contribution in [0.15, 0.2) is 91.4 Å². The number of nitrogens with one attached hydrogen (secondary N) is 3. The number of halogens is 3. The van der Waals surface area contributed by atoms with Gasteiger partial charge in [-0.05, 0) is 88.2 Å². The van der Waals surface area contributed by atoms with Crippen molar-refractivity contribution in [2.75, 3.05) is 43.4 Å². The number of benzene rings is 3. The number of rotatable bonds is 14. The highest BCUT2D eigenvalue weighted by atomic mass is 35.5. The third-order valence-corrected chi connectivity index (χ3v) is 11.3. The number of hydrogen-bond donors (Lipinski definition) is 3. The summed E-state index contributed by atoms with van der Waals surface area (Å²) in [5.41, 5.74) is 5.63. The molecule has 1 unspecified atom stereocenters. The second-order valence-corrected chi connectivity index (χ2v) is 15.2. The smallest absolute Gasteiger partial charge is 0.272 e. The van der Waals surface area contributed by atoms with E-state index in [2.05, 4.69) is 44.0 Å². The molecule has 1 atom stereocenters. The molecule has 1 fully saturated rings. The highest BCUT2D eigenvalue weighted by Gasteiger charge is 2.30. The van der Waals surface area contributed by atoms with Crippen molar-refractivity contribution in [3.8, 4) is 22.5 Å². The Morgan fingerprint density at radius 3 is 2.51 bits per heavy atom. The Kier molecular flexibility index (Phi) is 12.1. The molecular formula is C42H43Cl3N8O2. The molecule has 0 radical (unpaired) electrons. The van der Waals surface area contributed by atoms with E-state index in [0.29, 0.717) is 50.1 Å². The van der Waals surface area contributed by atoms with Crippen LogP contribution < -0.4 is 15.5 Å². The number of anilines is 2. The first-order valence-electron chi connectivity index (χ1n) is 18.5. The third-order valence-electron chi connectivity index (χ3n) is 10.5. The average Bonchev–Trinajstić information content (AvgIpc) is 3.80. The van der Waals surface area contributed by atoms with Crippen LogP contribution in [-0.2, 0) is 4.79 Å². The van der Waals surface area contributed by atoms with Gasteiger partial charge in [-0.3, -0.25) is 9.59 Å². The summed E-state index contributed by atoms with van der Waals surface area (Å²) in [5, 5.41) is 8.41. The number of aromatic nitrogens is 4. The predicted octanol–water partition coefficient (Wildman–Crippen LogP) is 9.34. The van der Waals surface area contributed by atoms with E-state index in [9.17, 15) is 9.59 Å². The van der Waals surface area contributed by atoms with Crippen molar-refractivity contribution in [3.05, 3.63) is 118 Å². The zero-order chi connectivity index (χ0) is 38.5. The molecule has 0 aliphatic carbocycles. The number of unbranched alkanes of at least 4 members (excludes halogenated alkanes) is 1. The molecule has 7 rings (SSSR count). The quantitative estimate of drug-likeness (QED) is 0.0749. The Bertz CT molecular complexity index is 2280. The number of hydrogen-bond acceptors (Lipinski definition) is 6. The number of carbonyl (C=O) groups excluding carboxylic acids is 2. The minimum absolute atomic E-state index is 0.274. The molecule has 0 bridgehead atoms. The maximum absolute atomic E-state index is 14.7. The van der Waals surface area contributed by atoms with E-state index in [0.717, 1.165) is 85.4 Å². The number of amides is 2. The van der Waals surface area contributed by atoms with E-state index in [1.54, 1.807) is 18.6 Å². The van der Waals surface area contributed by atoms with Gasteiger partial charge in [-0.1, -0.05) is 77.3 Å². The Balaban J connectivity index is 1.23. The summed E-state index contributed by atoms with van der Waals surface area (Å²) < 4.78 is 2.06. The fourth-order valence-electron chi connectivity index (χ4n) is 7.57. The molecule has 10 nitrogen and oxygen atoms in total. The highest BCUT2D eigenvalue weighted by Crippen LogP contribution is 2.42. The van der Waals surface area contributed by atoms with Gasteiger partial charge in [0, 0.05) is 69.0 Å². The molecule has 3 aromatic heterocycles. The zero-order valence-electron chi connectivity index (χ0n) is 30.7. The van der Waals surface area contributed by atoms with Gasteiger partial charge < -0.3 is 30.0 Å². The number of aromatic amines is 1. The van der Waals surface area contributed by atoms with Gasteiger partial charge in [0.25, 0.3) is 5.91 Å². The molecule has 6 aromatic rings. The van der Waals surface area contributed by atoms with Gasteiger partial charge in [0.05, 0.1) is 29.4 Å². The number of H-pyrrole nitrogens is 1. The van der Waals surface area contributed by atoms with Crippen molar-refractivity contribution < 1.29 is 9.59 Å². The fourth-order valence-corrected chi connectivity index (χ4v) is 8.30. The Morgan fingerprint density at radius 2 is 1.75 bits per heavy atom. The normalized spacial score (nSPS) is 14.0. The largest absolute Gasteiger partial charge is 0.359 e. The van der Waals surface area contributed by atoms with E-state index in [1.807, 2.05) is 72.8 Å². The van der Waals surface area contributed by atoms with Crippen LogP contribution in [0.25, 0.3) is 33.4 Å². The van der Waals surface area contributed by atoms with Crippen LogP contribution in [0.1, 0.15) is 54.7 Å². The van der Waals surface area contributed by atoms with Crippen molar-refractivity contribution in [1.82, 2.24) is 29.7 Å². The molecule has 3 aromatic carbocycles. The van der Waals surface area contributed by atoms with Crippen LogP contribution in [0.5, 0.6) is 0 Å². The standard InChI is InChI=1S/C42H43Cl3N8O2/c1-27(32-14-12-29(43)23-34(32)45)53-25-48-38(28-9-4-3-5-10-28)40(53)37-33-15-13-30(44)24-36(33)49-39(37)42(55)50-35-11-8-19-47-41(35)52-21-16-31(17-22-52)51(2)20-7-6-18-46-26-54/h3-5,8-15,19,23-27,31,49H,6-7,16-18,20-22H2,1-2H3,(H,46,54)(H,50,55). The van der Waals surface area contributed by atoms with Crippen LogP contribution in [0, 0.1) is 0 Å². The van der Waals surface area contributed by atoms with E-state index < -0.39 is 0 Å². The van der Waals surface area contributed by atoms with Crippen LogP contribution in [0.2, 0.25) is 15.1 Å². The molecule has 1 saturated heterocycles. The molecule has 0 saturated carbocycles. The molecule has 1 aliphatic rings. The topological polar surface area (TPSA) is 111 Å². The molecule has 0 spiro atoms. The van der Waals surface area contributed by atoms with Crippen molar-refractivity contribution >= 4 is 69.5 Å². The van der Waals surface area contributed by atoms with Crippen molar-refractivity contribution in [1.29, 1.82) is 0 Å². The minimum Gasteiger partial charge on any atom is -0.359 e. The highest BCUT2D eigenvalue weighted by molar-refractivity contribution is 6.35. The molecule has 3 N–H and O–H groups in total. The van der Waals surface area contributed by atoms with Gasteiger partial charge in [0.1, 0.15) is 5.69 Å². The maximum Gasteiger partial charge on any atom is 0.272 e. The molecule has 1 aliphatic heterocycles. The van der Waals surface area contributed by atoms with Crippen molar-refractivity contribution in [2.24, 2.45) is 0 Å². The van der Waals surface area contributed by atoms with Gasteiger partial charge in [-0.15, -0.1) is 0 Å². The lowest BCUT2D eigenvalue weighted by Crippen LogP contribution is -2.44. The van der Waals surface area contributed by atoms with Gasteiger partial charge >= 0.3 is 0 Å². The summed E-state index contributed by atoms with van der Waals surface area (Å²) in [6.07, 6.45) is 8.24. The second kappa shape index (κ2) is 17.3. The van der Waals surface area contributed by atoms with Gasteiger partial charge in [0.2, 0.25) is 6.41 Å². The van der Waals surface area contributed by atoms with Gasteiger partial charge in [-0.2, -0.15) is 0 Å². The Morgan fingerprint density at radius 1 is 0.982 bits per heavy atom. The lowest BCUT2D eigenvalue weighted by molar-refractivity contribution is -0.109. The van der Waals surface area contributed by atoms with E-state index in [4.69, 9.17) is 44.8 Å². The zero-order valence-corrected chi connectivity index (χ0v) is 33.0. The third kappa shape index (κ3) is 8.38. The van der Waals surface area contributed by atoms with E-state index in [1.165, 1.54) is 0 Å². The van der Waals surface area contributed by atoms with Gasteiger partial charge in [0.15, 0.2) is 5.82 Å². The van der Waals surface area contributed by atoms with Crippen molar-refractivity contribution in [3.63, 3.8) is 0 Å². The van der Waals surface area contributed by atoms with Crippen LogP contribution in [0.4, 0.5) is 11.5 Å². The summed E-state index contributed by atoms with van der Waals surface area (Å²) in [5.74, 6) is 0.415. The first kappa shape index (κ1) is 38.4. The van der Waals surface area contributed by atoms with Crippen molar-refractivity contribution in [2.45, 2.75) is 44.7 Å². The SMILES string of the molecule is CC(c1ccc(Cl)cc1Cl)n1cnc(-c2ccccc2)c1-c1c(C(=O)Nc2cccnc2N2CCC(N(C)CCCCNC=O)CC2)[nH]c2cc(Cl)ccc12. The second-order valence-electron chi connectivity index (χ2n) is 13.9. The summed E-state index contributed by atoms with van der Waals surface area (Å²) in [6, 6.07) is 24.9. The summed E-state index contributed by atoms with van der Waals surface area (Å²) in [7, 11) is 2.17. The van der Waals surface area contributed by atoms with Crippen LogP contribution in [0.3, 0.4) is 0 Å². The monoisotopic (exact) mass is 796 g/mol. The molecule has 284 valence electrons. The lowest BCUT2D eigenvalue weighted by Gasteiger charge is -2.38. The Hall–Kier alpha value is -4.87. The number of nitrogens with zero attached hydrogens (tertiary/aromatic N) is 5. The summed E-state index contributed by atoms with van der Waals surface area (Å²) in [6.45, 7) is 5.35. The number of piperidine rings is 1. The minimum atomic E-state index is -0.320. The average molecular weight is 798 g/mol. The fraction of sp³-hybridized carbons (Fsp3) is 0.286. The van der Waals surface area contributed by atoms with Crippen LogP contribution in [-0.4, -0.2) is 76.0 Å².